The molecule has 3 aliphatic rings. The minimum absolute atomic E-state index is 0.260. The maximum atomic E-state index is 13.0. The van der Waals surface area contributed by atoms with E-state index in [2.05, 4.69) is 31.8 Å². The molecule has 3 fully saturated rings. The third-order valence-corrected chi connectivity index (χ3v) is 6.12. The molecule has 3 saturated heterocycles. The number of carbonyl (C=O) groups excluding carboxylic acids is 1. The third kappa shape index (κ3) is 3.55. The van der Waals surface area contributed by atoms with E-state index < -0.39 is 0 Å². The lowest BCUT2D eigenvalue weighted by molar-refractivity contribution is -0.135. The van der Waals surface area contributed by atoms with Crippen molar-refractivity contribution < 1.29 is 4.79 Å². The molecule has 0 aliphatic carbocycles. The van der Waals surface area contributed by atoms with Crippen molar-refractivity contribution in [3.63, 3.8) is 0 Å². The lowest BCUT2D eigenvalue weighted by Gasteiger charge is -2.36. The molecule has 0 N–H and O–H groups in total. The van der Waals surface area contributed by atoms with Crippen molar-refractivity contribution in [3.8, 4) is 0 Å². The summed E-state index contributed by atoms with van der Waals surface area (Å²) in [4.78, 5) is 26.2. The van der Waals surface area contributed by atoms with Crippen molar-refractivity contribution in [2.24, 2.45) is 13.0 Å². The van der Waals surface area contributed by atoms with E-state index in [0.717, 1.165) is 49.8 Å². The van der Waals surface area contributed by atoms with Crippen LogP contribution < -0.4 is 4.90 Å². The van der Waals surface area contributed by atoms with Crippen LogP contribution in [0.4, 0.5) is 5.95 Å². The Labute approximate surface area is 160 Å². The fraction of sp³-hybridized carbons (Fsp3) is 0.600. The average Bonchev–Trinajstić information content (AvgIpc) is 2.88. The van der Waals surface area contributed by atoms with Crippen molar-refractivity contribution in [1.29, 1.82) is 0 Å². The molecule has 3 aliphatic heterocycles. The minimum Gasteiger partial charge on any atom is -0.338 e. The van der Waals surface area contributed by atoms with E-state index in [0.29, 0.717) is 12.3 Å². The summed E-state index contributed by atoms with van der Waals surface area (Å²) in [6, 6.07) is 2.10. The standard InChI is InChI=1S/C20H28N6O/c1-14-18(15(2)24(3)23-14)7-8-19(27)26-12-16-5-6-17(26)13-25(11-16)20-21-9-4-10-22-20/h4,9-10,16-17H,5-8,11-13H2,1-3H3. The summed E-state index contributed by atoms with van der Waals surface area (Å²) >= 11 is 0. The number of aromatic nitrogens is 4. The zero-order chi connectivity index (χ0) is 19.0. The molecule has 0 aromatic carbocycles. The van der Waals surface area contributed by atoms with Gasteiger partial charge in [0.15, 0.2) is 0 Å². The Kier molecular flexibility index (Phi) is 4.85. The number of hydrogen-bond acceptors (Lipinski definition) is 5. The van der Waals surface area contributed by atoms with Crippen LogP contribution in [0.2, 0.25) is 0 Å². The van der Waals surface area contributed by atoms with Crippen molar-refractivity contribution in [1.82, 2.24) is 24.6 Å². The quantitative estimate of drug-likeness (QED) is 0.824. The number of nitrogens with zero attached hydrogens (tertiary/aromatic N) is 6. The molecule has 7 nitrogen and oxygen atoms in total. The first kappa shape index (κ1) is 17.9. The highest BCUT2D eigenvalue weighted by Crippen LogP contribution is 2.30. The van der Waals surface area contributed by atoms with Crippen molar-refractivity contribution in [2.45, 2.75) is 45.6 Å². The van der Waals surface area contributed by atoms with E-state index >= 15 is 0 Å². The highest BCUT2D eigenvalue weighted by molar-refractivity contribution is 5.77. The Bertz CT molecular complexity index is 817. The fourth-order valence-corrected chi connectivity index (χ4v) is 4.56. The van der Waals surface area contributed by atoms with Crippen molar-refractivity contribution in [2.75, 3.05) is 24.5 Å². The van der Waals surface area contributed by atoms with E-state index in [1.54, 1.807) is 12.4 Å². The van der Waals surface area contributed by atoms with Gasteiger partial charge in [-0.1, -0.05) is 0 Å². The summed E-state index contributed by atoms with van der Waals surface area (Å²) in [7, 11) is 1.96. The minimum atomic E-state index is 0.260. The van der Waals surface area contributed by atoms with E-state index in [1.165, 1.54) is 12.0 Å². The predicted molar refractivity (Wildman–Crippen MR) is 103 cm³/mol. The number of amides is 1. The summed E-state index contributed by atoms with van der Waals surface area (Å²) in [6.45, 7) is 6.73. The average molecular weight is 368 g/mol. The second-order valence-corrected chi connectivity index (χ2v) is 7.87. The van der Waals surface area contributed by atoms with Crippen LogP contribution in [0.1, 0.15) is 36.2 Å². The van der Waals surface area contributed by atoms with Gasteiger partial charge in [0, 0.05) is 57.2 Å². The fourth-order valence-electron chi connectivity index (χ4n) is 4.56. The van der Waals surface area contributed by atoms with E-state index in [9.17, 15) is 4.79 Å². The lowest BCUT2D eigenvalue weighted by atomic mass is 9.94. The van der Waals surface area contributed by atoms with Gasteiger partial charge in [-0.25, -0.2) is 9.97 Å². The molecular formula is C20H28N6O. The molecule has 2 aromatic rings. The van der Waals surface area contributed by atoms with Gasteiger partial charge in [0.25, 0.3) is 0 Å². The summed E-state index contributed by atoms with van der Waals surface area (Å²) in [5, 5.41) is 4.47. The second-order valence-electron chi connectivity index (χ2n) is 7.87. The zero-order valence-corrected chi connectivity index (χ0v) is 16.4. The maximum absolute atomic E-state index is 13.0. The van der Waals surface area contributed by atoms with Crippen LogP contribution in [-0.2, 0) is 18.3 Å². The monoisotopic (exact) mass is 368 g/mol. The molecule has 5 heterocycles. The number of piperidine rings is 1. The van der Waals surface area contributed by atoms with Crippen LogP contribution in [0.25, 0.3) is 0 Å². The number of fused-ring (bicyclic) bond motifs is 4. The molecule has 0 saturated carbocycles. The first-order chi connectivity index (χ1) is 13.0. The highest BCUT2D eigenvalue weighted by Gasteiger charge is 2.37. The summed E-state index contributed by atoms with van der Waals surface area (Å²) in [5.41, 5.74) is 3.41. The molecule has 2 bridgehead atoms. The van der Waals surface area contributed by atoms with E-state index in [1.807, 2.05) is 24.7 Å². The molecule has 2 unspecified atom stereocenters. The van der Waals surface area contributed by atoms with Crippen LogP contribution in [0.15, 0.2) is 18.5 Å². The predicted octanol–water partition coefficient (Wildman–Crippen LogP) is 1.89. The normalized spacial score (nSPS) is 22.2. The molecule has 27 heavy (non-hydrogen) atoms. The zero-order valence-electron chi connectivity index (χ0n) is 16.4. The SMILES string of the molecule is Cc1nn(C)c(C)c1CCC(=O)N1CC2CCC1CN(c1ncccn1)C2. The lowest BCUT2D eigenvalue weighted by Crippen LogP contribution is -2.47. The van der Waals surface area contributed by atoms with Crippen molar-refractivity contribution in [3.05, 3.63) is 35.4 Å². The van der Waals surface area contributed by atoms with Gasteiger partial charge in [0.2, 0.25) is 11.9 Å². The Balaban J connectivity index is 1.44. The van der Waals surface area contributed by atoms with Crippen LogP contribution in [0.5, 0.6) is 0 Å². The number of rotatable bonds is 4. The molecular weight excluding hydrogens is 340 g/mol. The largest absolute Gasteiger partial charge is 0.338 e. The molecule has 7 heteroatoms. The van der Waals surface area contributed by atoms with Crippen LogP contribution in [0, 0.1) is 19.8 Å². The summed E-state index contributed by atoms with van der Waals surface area (Å²) in [5.74, 6) is 1.55. The van der Waals surface area contributed by atoms with Crippen LogP contribution >= 0.6 is 0 Å². The van der Waals surface area contributed by atoms with E-state index in [-0.39, 0.29) is 11.9 Å². The van der Waals surface area contributed by atoms with Gasteiger partial charge in [-0.05, 0) is 50.7 Å². The molecule has 2 aromatic heterocycles. The topological polar surface area (TPSA) is 67.2 Å². The number of hydrogen-bond donors (Lipinski definition) is 0. The molecule has 0 radical (unpaired) electrons. The summed E-state index contributed by atoms with van der Waals surface area (Å²) < 4.78 is 1.90. The Morgan fingerprint density at radius 3 is 2.63 bits per heavy atom. The van der Waals surface area contributed by atoms with Gasteiger partial charge in [0.1, 0.15) is 0 Å². The molecule has 2 atom stereocenters. The number of anilines is 1. The van der Waals surface area contributed by atoms with Gasteiger partial charge < -0.3 is 9.80 Å². The van der Waals surface area contributed by atoms with Gasteiger partial charge in [-0.3, -0.25) is 9.48 Å². The first-order valence-electron chi connectivity index (χ1n) is 9.83. The van der Waals surface area contributed by atoms with Crippen LogP contribution in [0.3, 0.4) is 0 Å². The van der Waals surface area contributed by atoms with Gasteiger partial charge >= 0.3 is 0 Å². The molecule has 144 valence electrons. The Hall–Kier alpha value is -2.44. The number of carbonyl (C=O) groups is 1. The van der Waals surface area contributed by atoms with Gasteiger partial charge in [0.05, 0.1) is 5.69 Å². The molecule has 5 rings (SSSR count). The maximum Gasteiger partial charge on any atom is 0.225 e. The van der Waals surface area contributed by atoms with Gasteiger partial charge in [-0.15, -0.1) is 0 Å². The van der Waals surface area contributed by atoms with Crippen molar-refractivity contribution >= 4 is 11.9 Å². The molecule has 1 amide bonds. The van der Waals surface area contributed by atoms with Gasteiger partial charge in [-0.2, -0.15) is 5.10 Å². The second kappa shape index (κ2) is 7.29. The Morgan fingerprint density at radius 1 is 1.15 bits per heavy atom. The van der Waals surface area contributed by atoms with Crippen LogP contribution in [-0.4, -0.2) is 56.2 Å². The van der Waals surface area contributed by atoms with E-state index in [4.69, 9.17) is 0 Å². The molecule has 0 spiro atoms. The number of aryl methyl sites for hydroxylation is 2. The first-order valence-corrected chi connectivity index (χ1v) is 9.83. The summed E-state index contributed by atoms with van der Waals surface area (Å²) in [6.07, 6.45) is 7.15. The highest BCUT2D eigenvalue weighted by atomic mass is 16.2. The smallest absolute Gasteiger partial charge is 0.225 e. The Morgan fingerprint density at radius 2 is 1.93 bits per heavy atom. The third-order valence-electron chi connectivity index (χ3n) is 6.12.